The minimum absolute atomic E-state index is 0.273. The maximum absolute atomic E-state index is 9.55. The SMILES string of the molecule is CC[C@@H](C)O[N+](=O)[O-]. The van der Waals surface area contributed by atoms with Crippen molar-refractivity contribution in [3.05, 3.63) is 10.1 Å². The Morgan fingerprint density at radius 1 is 1.88 bits per heavy atom. The van der Waals surface area contributed by atoms with Gasteiger partial charge in [0.2, 0.25) is 0 Å². The molecule has 0 aliphatic heterocycles. The first-order chi connectivity index (χ1) is 3.66. The van der Waals surface area contributed by atoms with Crippen LogP contribution in [0.15, 0.2) is 0 Å². The van der Waals surface area contributed by atoms with Crippen LogP contribution in [0.4, 0.5) is 0 Å². The molecule has 0 rings (SSSR count). The van der Waals surface area contributed by atoms with Crippen LogP contribution in [0.3, 0.4) is 0 Å². The summed E-state index contributed by atoms with van der Waals surface area (Å²) >= 11 is 0. The third kappa shape index (κ3) is 3.39. The first kappa shape index (κ1) is 7.20. The Kier molecular flexibility index (Phi) is 2.91. The zero-order valence-electron chi connectivity index (χ0n) is 4.96. The Morgan fingerprint density at radius 3 is 2.50 bits per heavy atom. The van der Waals surface area contributed by atoms with Gasteiger partial charge in [0, 0.05) is 0 Å². The average Bonchev–Trinajstić information content (AvgIpc) is 1.65. The summed E-state index contributed by atoms with van der Waals surface area (Å²) in [5, 5.41) is 8.78. The molecule has 0 unspecified atom stereocenters. The molecular weight excluding hydrogens is 110 g/mol. The number of rotatable bonds is 3. The molecule has 0 fully saturated rings. The van der Waals surface area contributed by atoms with Gasteiger partial charge in [0.15, 0.2) is 0 Å². The minimum atomic E-state index is -0.770. The summed E-state index contributed by atoms with van der Waals surface area (Å²) in [5.74, 6) is 0. The second kappa shape index (κ2) is 3.23. The van der Waals surface area contributed by atoms with Gasteiger partial charge in [-0.1, -0.05) is 6.92 Å². The summed E-state index contributed by atoms with van der Waals surface area (Å²) < 4.78 is 0. The lowest BCUT2D eigenvalue weighted by Crippen LogP contribution is -2.11. The van der Waals surface area contributed by atoms with Gasteiger partial charge < -0.3 is 4.84 Å². The Morgan fingerprint density at radius 2 is 2.38 bits per heavy atom. The third-order valence-corrected chi connectivity index (χ3v) is 0.841. The van der Waals surface area contributed by atoms with Crippen LogP contribution in [0, 0.1) is 10.1 Å². The molecule has 0 radical (unpaired) electrons. The highest BCUT2D eigenvalue weighted by atomic mass is 17.0. The van der Waals surface area contributed by atoms with E-state index in [1.165, 1.54) is 0 Å². The van der Waals surface area contributed by atoms with E-state index in [9.17, 15) is 10.1 Å². The molecule has 48 valence electrons. The first-order valence-corrected chi connectivity index (χ1v) is 2.48. The summed E-state index contributed by atoms with van der Waals surface area (Å²) in [6.07, 6.45) is 0.394. The van der Waals surface area contributed by atoms with Crippen molar-refractivity contribution in [3.63, 3.8) is 0 Å². The van der Waals surface area contributed by atoms with E-state index in [0.29, 0.717) is 6.42 Å². The van der Waals surface area contributed by atoms with Crippen molar-refractivity contribution < 1.29 is 9.92 Å². The summed E-state index contributed by atoms with van der Waals surface area (Å²) in [7, 11) is 0. The van der Waals surface area contributed by atoms with Gasteiger partial charge in [-0.25, -0.2) is 0 Å². The highest BCUT2D eigenvalue weighted by molar-refractivity contribution is 4.37. The van der Waals surface area contributed by atoms with Gasteiger partial charge in [0.25, 0.3) is 5.09 Å². The van der Waals surface area contributed by atoms with E-state index in [-0.39, 0.29) is 6.10 Å². The largest absolute Gasteiger partial charge is 0.311 e. The van der Waals surface area contributed by atoms with Crippen molar-refractivity contribution in [2.45, 2.75) is 26.4 Å². The quantitative estimate of drug-likeness (QED) is 0.411. The number of hydrogen-bond acceptors (Lipinski definition) is 3. The van der Waals surface area contributed by atoms with E-state index in [1.807, 2.05) is 6.92 Å². The van der Waals surface area contributed by atoms with Crippen LogP contribution < -0.4 is 0 Å². The van der Waals surface area contributed by atoms with Gasteiger partial charge in [-0.3, -0.25) is 0 Å². The lowest BCUT2D eigenvalue weighted by Gasteiger charge is -2.02. The first-order valence-electron chi connectivity index (χ1n) is 2.48. The molecule has 0 aromatic heterocycles. The number of hydrogen-bond donors (Lipinski definition) is 0. The summed E-state index contributed by atoms with van der Waals surface area (Å²) in [5.41, 5.74) is 0. The lowest BCUT2D eigenvalue weighted by molar-refractivity contribution is -0.767. The predicted octanol–water partition coefficient (Wildman–Crippen LogP) is 0.993. The Bertz CT molecular complexity index is 83.4. The fraction of sp³-hybridized carbons (Fsp3) is 1.00. The molecule has 0 bridgehead atoms. The van der Waals surface area contributed by atoms with Crippen LogP contribution >= 0.6 is 0 Å². The minimum Gasteiger partial charge on any atom is -0.311 e. The van der Waals surface area contributed by atoms with Crippen molar-refractivity contribution in [1.29, 1.82) is 0 Å². The molecule has 0 aliphatic carbocycles. The van der Waals surface area contributed by atoms with E-state index in [1.54, 1.807) is 6.92 Å². The van der Waals surface area contributed by atoms with Gasteiger partial charge in [-0.2, -0.15) is 0 Å². The van der Waals surface area contributed by atoms with Gasteiger partial charge >= 0.3 is 0 Å². The molecule has 4 heteroatoms. The maximum Gasteiger partial charge on any atom is 0.294 e. The van der Waals surface area contributed by atoms with Crippen LogP contribution in [0.1, 0.15) is 20.3 Å². The van der Waals surface area contributed by atoms with Crippen molar-refractivity contribution in [2.24, 2.45) is 0 Å². The summed E-state index contributed by atoms with van der Waals surface area (Å²) in [6.45, 7) is 3.48. The average molecular weight is 119 g/mol. The maximum atomic E-state index is 9.55. The van der Waals surface area contributed by atoms with Crippen LogP contribution in [0.5, 0.6) is 0 Å². The van der Waals surface area contributed by atoms with Gasteiger partial charge in [0.1, 0.15) is 6.10 Å². The third-order valence-electron chi connectivity index (χ3n) is 0.841. The van der Waals surface area contributed by atoms with Crippen LogP contribution in [-0.2, 0) is 4.84 Å². The standard InChI is InChI=1S/C4H9NO3/c1-3-4(2)8-5(6)7/h4H,3H2,1-2H3/t4-/m1/s1. The molecule has 0 heterocycles. The van der Waals surface area contributed by atoms with Crippen molar-refractivity contribution >= 4 is 0 Å². The van der Waals surface area contributed by atoms with Gasteiger partial charge in [0.05, 0.1) is 0 Å². The zero-order valence-corrected chi connectivity index (χ0v) is 4.96. The molecule has 0 spiro atoms. The molecule has 0 aliphatic rings. The molecule has 8 heavy (non-hydrogen) atoms. The second-order valence-corrected chi connectivity index (χ2v) is 1.55. The van der Waals surface area contributed by atoms with Crippen LogP contribution in [0.2, 0.25) is 0 Å². The van der Waals surface area contributed by atoms with Crippen molar-refractivity contribution in [3.8, 4) is 0 Å². The fourth-order valence-corrected chi connectivity index (χ4v) is 0.221. The van der Waals surface area contributed by atoms with Crippen LogP contribution in [0.25, 0.3) is 0 Å². The van der Waals surface area contributed by atoms with E-state index in [2.05, 4.69) is 4.84 Å². The lowest BCUT2D eigenvalue weighted by atomic mass is 10.3. The van der Waals surface area contributed by atoms with Crippen molar-refractivity contribution in [2.75, 3.05) is 0 Å². The Labute approximate surface area is 47.6 Å². The number of nitrogens with zero attached hydrogens (tertiary/aromatic N) is 1. The highest BCUT2D eigenvalue weighted by Gasteiger charge is 2.01. The molecule has 0 amide bonds. The monoisotopic (exact) mass is 119 g/mol. The zero-order chi connectivity index (χ0) is 6.57. The molecule has 4 nitrogen and oxygen atoms in total. The van der Waals surface area contributed by atoms with E-state index in [4.69, 9.17) is 0 Å². The summed E-state index contributed by atoms with van der Waals surface area (Å²) in [4.78, 5) is 13.7. The topological polar surface area (TPSA) is 52.4 Å². The van der Waals surface area contributed by atoms with E-state index in [0.717, 1.165) is 0 Å². The molecule has 0 aromatic carbocycles. The normalized spacial score (nSPS) is 12.8. The predicted molar refractivity (Wildman–Crippen MR) is 27.8 cm³/mol. The molecule has 1 atom stereocenters. The molecule has 0 N–H and O–H groups in total. The Hall–Kier alpha value is -0.800. The van der Waals surface area contributed by atoms with Gasteiger partial charge in [-0.05, 0) is 13.3 Å². The molecule has 0 saturated carbocycles. The molecular formula is C4H9NO3. The van der Waals surface area contributed by atoms with Crippen molar-refractivity contribution in [1.82, 2.24) is 0 Å². The Balaban J connectivity index is 3.24. The smallest absolute Gasteiger partial charge is 0.294 e. The fourth-order valence-electron chi connectivity index (χ4n) is 0.221. The molecule has 0 aromatic rings. The highest BCUT2D eigenvalue weighted by Crippen LogP contribution is 1.93. The molecule has 0 saturated heterocycles. The van der Waals surface area contributed by atoms with Gasteiger partial charge in [-0.15, -0.1) is 10.1 Å². The summed E-state index contributed by atoms with van der Waals surface area (Å²) in [6, 6.07) is 0. The van der Waals surface area contributed by atoms with E-state index >= 15 is 0 Å². The van der Waals surface area contributed by atoms with E-state index < -0.39 is 5.09 Å². The second-order valence-electron chi connectivity index (χ2n) is 1.55. The van der Waals surface area contributed by atoms with Crippen LogP contribution in [-0.4, -0.2) is 11.2 Å².